The zero-order valence-corrected chi connectivity index (χ0v) is 15.4. The largest absolute Gasteiger partial charge is 0.493 e. The topological polar surface area (TPSA) is 90.7 Å². The monoisotopic (exact) mass is 356 g/mol. The minimum atomic E-state index is -0.669. The van der Waals surface area contributed by atoms with E-state index in [4.69, 9.17) is 0 Å². The lowest BCUT2D eigenvalue weighted by molar-refractivity contribution is 0.240. The van der Waals surface area contributed by atoms with Crippen molar-refractivity contribution in [1.29, 1.82) is 0 Å². The van der Waals surface area contributed by atoms with E-state index in [0.29, 0.717) is 5.69 Å². The first kappa shape index (κ1) is 18.0. The van der Waals surface area contributed by atoms with Crippen LogP contribution in [0.25, 0.3) is 5.69 Å². The lowest BCUT2D eigenvalue weighted by atomic mass is 10.0. The molecule has 0 bridgehead atoms. The van der Waals surface area contributed by atoms with Crippen LogP contribution in [0.15, 0.2) is 26.8 Å². The Hall–Kier alpha value is -2.83. The number of H-pyrrole nitrogens is 1. The van der Waals surface area contributed by atoms with Crippen molar-refractivity contribution in [2.75, 3.05) is 13.1 Å². The summed E-state index contributed by atoms with van der Waals surface area (Å²) in [5.41, 5.74) is 1.98. The second-order valence-corrected chi connectivity index (χ2v) is 6.84. The van der Waals surface area contributed by atoms with Gasteiger partial charge in [-0.15, -0.1) is 0 Å². The van der Waals surface area contributed by atoms with Crippen molar-refractivity contribution in [3.63, 3.8) is 0 Å². The second kappa shape index (κ2) is 7.19. The fourth-order valence-corrected chi connectivity index (χ4v) is 3.52. The van der Waals surface area contributed by atoms with Crippen LogP contribution in [0.2, 0.25) is 0 Å². The van der Waals surface area contributed by atoms with Crippen LogP contribution in [0.4, 0.5) is 0 Å². The van der Waals surface area contributed by atoms with Crippen molar-refractivity contribution in [1.82, 2.24) is 14.6 Å². The van der Waals surface area contributed by atoms with Crippen molar-refractivity contribution in [2.45, 2.75) is 40.0 Å². The maximum Gasteiger partial charge on any atom is 0.335 e. The lowest BCUT2D eigenvalue weighted by Crippen LogP contribution is -2.32. The molecule has 0 saturated carbocycles. The van der Waals surface area contributed by atoms with E-state index in [1.807, 2.05) is 37.9 Å². The van der Waals surface area contributed by atoms with E-state index in [-0.39, 0.29) is 5.56 Å². The minimum absolute atomic E-state index is 0.0189. The molecule has 26 heavy (non-hydrogen) atoms. The number of benzene rings is 1. The van der Waals surface area contributed by atoms with Crippen molar-refractivity contribution < 1.29 is 5.11 Å². The minimum Gasteiger partial charge on any atom is -0.493 e. The van der Waals surface area contributed by atoms with Gasteiger partial charge in [-0.3, -0.25) is 14.8 Å². The maximum absolute atomic E-state index is 12.4. The molecular weight excluding hydrogens is 332 g/mol. The van der Waals surface area contributed by atoms with Gasteiger partial charge in [0.2, 0.25) is 5.88 Å². The molecule has 1 saturated heterocycles. The van der Waals surface area contributed by atoms with Gasteiger partial charge in [-0.1, -0.05) is 17.7 Å². The molecule has 1 aliphatic rings. The average Bonchev–Trinajstić information content (AvgIpc) is 2.57. The summed E-state index contributed by atoms with van der Waals surface area (Å²) in [5.74, 6) is -0.394. The molecule has 0 unspecified atom stereocenters. The number of hydrazone groups is 1. The molecule has 1 aliphatic heterocycles. The van der Waals surface area contributed by atoms with Crippen LogP contribution < -0.4 is 11.2 Å². The Morgan fingerprint density at radius 1 is 1.08 bits per heavy atom. The fourth-order valence-electron chi connectivity index (χ4n) is 3.52. The number of aromatic hydroxyl groups is 1. The number of aromatic nitrogens is 2. The van der Waals surface area contributed by atoms with Gasteiger partial charge in [0.1, 0.15) is 5.56 Å². The predicted molar refractivity (Wildman–Crippen MR) is 102 cm³/mol. The van der Waals surface area contributed by atoms with Gasteiger partial charge in [0, 0.05) is 13.1 Å². The summed E-state index contributed by atoms with van der Waals surface area (Å²) in [7, 11) is 0. The van der Waals surface area contributed by atoms with Gasteiger partial charge in [-0.2, -0.15) is 5.10 Å². The molecular formula is C19H24N4O3. The lowest BCUT2D eigenvalue weighted by Gasteiger charge is -2.23. The van der Waals surface area contributed by atoms with Crippen molar-refractivity contribution in [3.8, 4) is 11.6 Å². The Bertz CT molecular complexity index is 943. The molecule has 138 valence electrons. The standard InChI is InChI=1S/C19H24N4O3/c1-12-9-13(2)16(14(3)10-12)23-18(25)15(17(24)21-19(23)26)11-20-22-7-5-4-6-8-22/h9-11,25H,4-8H2,1-3H3,(H,21,24,26). The van der Waals surface area contributed by atoms with E-state index >= 15 is 0 Å². The summed E-state index contributed by atoms with van der Waals surface area (Å²) >= 11 is 0. The van der Waals surface area contributed by atoms with E-state index in [0.717, 1.165) is 47.2 Å². The normalized spacial score (nSPS) is 15.0. The second-order valence-electron chi connectivity index (χ2n) is 6.84. The third-order valence-electron chi connectivity index (χ3n) is 4.66. The molecule has 2 heterocycles. The van der Waals surface area contributed by atoms with E-state index < -0.39 is 17.1 Å². The van der Waals surface area contributed by atoms with Gasteiger partial charge in [0.15, 0.2) is 0 Å². The molecule has 1 aromatic heterocycles. The van der Waals surface area contributed by atoms with E-state index in [9.17, 15) is 14.7 Å². The van der Waals surface area contributed by atoms with Crippen LogP contribution in [-0.4, -0.2) is 39.0 Å². The van der Waals surface area contributed by atoms with Crippen LogP contribution >= 0.6 is 0 Å². The first-order valence-corrected chi connectivity index (χ1v) is 8.84. The van der Waals surface area contributed by atoms with Crippen LogP contribution in [-0.2, 0) is 0 Å². The number of nitrogens with one attached hydrogen (secondary N) is 1. The van der Waals surface area contributed by atoms with E-state index in [1.165, 1.54) is 12.6 Å². The average molecular weight is 356 g/mol. The molecule has 3 rings (SSSR count). The highest BCUT2D eigenvalue weighted by atomic mass is 16.3. The number of aromatic amines is 1. The van der Waals surface area contributed by atoms with Crippen LogP contribution in [0.3, 0.4) is 0 Å². The Morgan fingerprint density at radius 3 is 2.31 bits per heavy atom. The van der Waals surface area contributed by atoms with Crippen LogP contribution in [0, 0.1) is 20.8 Å². The van der Waals surface area contributed by atoms with Gasteiger partial charge in [0.05, 0.1) is 11.9 Å². The van der Waals surface area contributed by atoms with Gasteiger partial charge in [0.25, 0.3) is 5.56 Å². The number of hydrogen-bond acceptors (Lipinski definition) is 5. The third-order valence-corrected chi connectivity index (χ3v) is 4.66. The third kappa shape index (κ3) is 3.42. The van der Waals surface area contributed by atoms with Crippen molar-refractivity contribution in [3.05, 3.63) is 55.2 Å². The molecule has 1 fully saturated rings. The molecule has 0 radical (unpaired) electrons. The Kier molecular flexibility index (Phi) is 4.97. The van der Waals surface area contributed by atoms with Gasteiger partial charge in [-0.25, -0.2) is 9.36 Å². The number of piperidine rings is 1. The molecule has 0 spiro atoms. The fraction of sp³-hybridized carbons (Fsp3) is 0.421. The molecule has 0 atom stereocenters. The van der Waals surface area contributed by atoms with Crippen molar-refractivity contribution >= 4 is 6.21 Å². The van der Waals surface area contributed by atoms with Crippen LogP contribution in [0.1, 0.15) is 41.5 Å². The first-order chi connectivity index (χ1) is 12.4. The number of hydrogen-bond donors (Lipinski definition) is 2. The van der Waals surface area contributed by atoms with Gasteiger partial charge in [-0.05, 0) is 51.2 Å². The highest BCUT2D eigenvalue weighted by Crippen LogP contribution is 2.24. The zero-order valence-electron chi connectivity index (χ0n) is 15.4. The highest BCUT2D eigenvalue weighted by molar-refractivity contribution is 5.82. The SMILES string of the molecule is Cc1cc(C)c(-n2c(O)c(C=NN3CCCCC3)c(=O)[nH]c2=O)c(C)c1. The number of nitrogens with zero attached hydrogens (tertiary/aromatic N) is 3. The van der Waals surface area contributed by atoms with E-state index in [1.54, 1.807) is 0 Å². The highest BCUT2D eigenvalue weighted by Gasteiger charge is 2.18. The zero-order chi connectivity index (χ0) is 18.8. The predicted octanol–water partition coefficient (Wildman–Crippen LogP) is 1.98. The molecule has 7 nitrogen and oxygen atoms in total. The number of aryl methyl sites for hydroxylation is 3. The Morgan fingerprint density at radius 2 is 1.69 bits per heavy atom. The summed E-state index contributed by atoms with van der Waals surface area (Å²) in [6.07, 6.45) is 4.63. The molecule has 2 N–H and O–H groups in total. The van der Waals surface area contributed by atoms with Gasteiger partial charge < -0.3 is 5.11 Å². The van der Waals surface area contributed by atoms with Crippen LogP contribution in [0.5, 0.6) is 5.88 Å². The summed E-state index contributed by atoms with van der Waals surface area (Å²) in [6, 6.07) is 3.86. The molecule has 7 heteroatoms. The van der Waals surface area contributed by atoms with Gasteiger partial charge >= 0.3 is 5.69 Å². The molecule has 0 aliphatic carbocycles. The van der Waals surface area contributed by atoms with E-state index in [2.05, 4.69) is 10.1 Å². The molecule has 1 aromatic carbocycles. The quantitative estimate of drug-likeness (QED) is 0.823. The maximum atomic E-state index is 12.4. The smallest absolute Gasteiger partial charge is 0.335 e. The Balaban J connectivity index is 2.12. The summed E-state index contributed by atoms with van der Waals surface area (Å²) < 4.78 is 1.14. The summed E-state index contributed by atoms with van der Waals surface area (Å²) in [6.45, 7) is 7.35. The van der Waals surface area contributed by atoms with Crippen molar-refractivity contribution in [2.24, 2.45) is 5.10 Å². The first-order valence-electron chi connectivity index (χ1n) is 8.84. The summed E-state index contributed by atoms with van der Waals surface area (Å²) in [5, 5.41) is 16.9. The number of rotatable bonds is 3. The molecule has 0 amide bonds. The Labute approximate surface area is 151 Å². The molecule has 2 aromatic rings. The summed E-state index contributed by atoms with van der Waals surface area (Å²) in [4.78, 5) is 26.9.